The Morgan fingerprint density at radius 2 is 1.88 bits per heavy atom. The molecule has 4 aromatic rings. The number of hydrogen-bond donors (Lipinski definition) is 1. The van der Waals surface area contributed by atoms with E-state index in [2.05, 4.69) is 25.0 Å². The van der Waals surface area contributed by atoms with Gasteiger partial charge in [-0.2, -0.15) is 18.2 Å². The van der Waals surface area contributed by atoms with Gasteiger partial charge in [0.15, 0.2) is 0 Å². The van der Waals surface area contributed by atoms with Crippen molar-refractivity contribution >= 4 is 0 Å². The third kappa shape index (κ3) is 4.34. The van der Waals surface area contributed by atoms with E-state index in [1.165, 1.54) is 12.1 Å². The van der Waals surface area contributed by atoms with Crippen LogP contribution in [0.25, 0.3) is 11.4 Å². The van der Waals surface area contributed by atoms with Crippen molar-refractivity contribution in [3.05, 3.63) is 83.3 Å². The summed E-state index contributed by atoms with van der Waals surface area (Å²) in [6.45, 7) is 1.25. The van der Waals surface area contributed by atoms with E-state index in [1.807, 2.05) is 24.3 Å². The Kier molecular flexibility index (Phi) is 5.37. The van der Waals surface area contributed by atoms with Crippen LogP contribution in [-0.4, -0.2) is 32.1 Å². The predicted octanol–water partition coefficient (Wildman–Crippen LogP) is 4.79. The number of aromatic nitrogens is 4. The summed E-state index contributed by atoms with van der Waals surface area (Å²) in [7, 11) is 1.62. The predicted molar refractivity (Wildman–Crippen MR) is 112 cm³/mol. The molecule has 0 spiro atoms. The zero-order valence-electron chi connectivity index (χ0n) is 17.6. The number of fused-ring (bicyclic) bond motifs is 1. The van der Waals surface area contributed by atoms with Crippen molar-refractivity contribution in [1.82, 2.24) is 25.0 Å². The number of aromatic amines is 1. The van der Waals surface area contributed by atoms with Gasteiger partial charge in [0.25, 0.3) is 0 Å². The molecular formula is C23H20F3N5O2. The number of methoxy groups -OCH3 is 1. The molecular weight excluding hydrogens is 435 g/mol. The zero-order valence-corrected chi connectivity index (χ0v) is 17.6. The smallest absolute Gasteiger partial charge is 0.416 e. The molecule has 2 aromatic carbocycles. The summed E-state index contributed by atoms with van der Waals surface area (Å²) in [4.78, 5) is 14.3. The van der Waals surface area contributed by atoms with Gasteiger partial charge >= 0.3 is 6.18 Å². The number of imidazole rings is 1. The molecule has 0 bridgehead atoms. The van der Waals surface area contributed by atoms with Gasteiger partial charge < -0.3 is 14.2 Å². The Morgan fingerprint density at radius 1 is 1.12 bits per heavy atom. The second-order valence-corrected chi connectivity index (χ2v) is 7.83. The number of H-pyrrole nitrogens is 1. The largest absolute Gasteiger partial charge is 0.497 e. The second kappa shape index (κ2) is 8.36. The lowest BCUT2D eigenvalue weighted by atomic mass is 10.0. The number of benzene rings is 2. The van der Waals surface area contributed by atoms with Crippen LogP contribution in [0.3, 0.4) is 0 Å². The molecule has 1 aliphatic rings. The first-order chi connectivity index (χ1) is 15.9. The van der Waals surface area contributed by atoms with Gasteiger partial charge in [0, 0.05) is 25.1 Å². The summed E-state index contributed by atoms with van der Waals surface area (Å²) in [6, 6.07) is 12.3. The van der Waals surface area contributed by atoms with E-state index >= 15 is 0 Å². The highest BCUT2D eigenvalue weighted by Gasteiger charge is 2.34. The Hall–Kier alpha value is -3.66. The van der Waals surface area contributed by atoms with Crippen LogP contribution >= 0.6 is 0 Å². The first-order valence-corrected chi connectivity index (χ1v) is 10.3. The standard InChI is InChI=1S/C23H20F3N5O2/c1-32-17-8-2-14(3-9-17)11-31-12-19-18(27-13-28-19)10-20(31)22-29-21(30-33-22)15-4-6-16(7-5-15)23(24,25)26/h2-9,13,20H,10-12H2,1H3,(H,27,28)/t20-/m0/s1. The average Bonchev–Trinajstić information content (AvgIpc) is 3.48. The summed E-state index contributed by atoms with van der Waals surface area (Å²) in [5.41, 5.74) is 2.78. The molecule has 1 aliphatic heterocycles. The summed E-state index contributed by atoms with van der Waals surface area (Å²) in [6.07, 6.45) is -2.16. The van der Waals surface area contributed by atoms with Crippen molar-refractivity contribution in [2.24, 2.45) is 0 Å². The first kappa shape index (κ1) is 21.2. The van der Waals surface area contributed by atoms with Crippen molar-refractivity contribution < 1.29 is 22.4 Å². The van der Waals surface area contributed by atoms with Crippen LogP contribution in [-0.2, 0) is 25.7 Å². The van der Waals surface area contributed by atoms with Gasteiger partial charge in [-0.15, -0.1) is 0 Å². The van der Waals surface area contributed by atoms with Crippen LogP contribution < -0.4 is 4.74 Å². The van der Waals surface area contributed by atoms with E-state index in [0.29, 0.717) is 31.0 Å². The normalized spacial score (nSPS) is 16.5. The molecule has 0 unspecified atom stereocenters. The third-order valence-corrected chi connectivity index (χ3v) is 5.74. The number of halogens is 3. The van der Waals surface area contributed by atoms with E-state index in [4.69, 9.17) is 9.26 Å². The lowest BCUT2D eigenvalue weighted by Gasteiger charge is -2.32. The maximum absolute atomic E-state index is 12.9. The Labute approximate surface area is 187 Å². The number of rotatable bonds is 5. The molecule has 33 heavy (non-hydrogen) atoms. The quantitative estimate of drug-likeness (QED) is 0.466. The number of nitrogens with zero attached hydrogens (tertiary/aromatic N) is 4. The minimum Gasteiger partial charge on any atom is -0.497 e. The number of alkyl halides is 3. The van der Waals surface area contributed by atoms with Crippen molar-refractivity contribution in [2.45, 2.75) is 31.7 Å². The molecule has 7 nitrogen and oxygen atoms in total. The third-order valence-electron chi connectivity index (χ3n) is 5.74. The number of hydrogen-bond acceptors (Lipinski definition) is 6. The Balaban J connectivity index is 1.41. The van der Waals surface area contributed by atoms with E-state index in [9.17, 15) is 13.2 Å². The van der Waals surface area contributed by atoms with Crippen molar-refractivity contribution in [3.63, 3.8) is 0 Å². The van der Waals surface area contributed by atoms with Gasteiger partial charge in [-0.05, 0) is 29.8 Å². The summed E-state index contributed by atoms with van der Waals surface area (Å²) in [5.74, 6) is 1.42. The molecule has 1 atom stereocenters. The SMILES string of the molecule is COc1ccc(CN2Cc3[nH]cnc3C[C@H]2c2nc(-c3ccc(C(F)(F)F)cc3)no2)cc1. The summed E-state index contributed by atoms with van der Waals surface area (Å²) >= 11 is 0. The fourth-order valence-corrected chi connectivity index (χ4v) is 3.96. The topological polar surface area (TPSA) is 80.1 Å². The van der Waals surface area contributed by atoms with Gasteiger partial charge in [0.1, 0.15) is 5.75 Å². The van der Waals surface area contributed by atoms with Crippen LogP contribution in [0.2, 0.25) is 0 Å². The minimum absolute atomic E-state index is 0.224. The van der Waals surface area contributed by atoms with Crippen LogP contribution in [0.1, 0.15) is 34.4 Å². The van der Waals surface area contributed by atoms with Crippen LogP contribution in [0, 0.1) is 0 Å². The summed E-state index contributed by atoms with van der Waals surface area (Å²) in [5, 5.41) is 4.02. The van der Waals surface area contributed by atoms with Crippen LogP contribution in [0.15, 0.2) is 59.4 Å². The highest BCUT2D eigenvalue weighted by molar-refractivity contribution is 5.55. The van der Waals surface area contributed by atoms with Gasteiger partial charge in [0.2, 0.25) is 11.7 Å². The lowest BCUT2D eigenvalue weighted by Crippen LogP contribution is -2.34. The molecule has 0 amide bonds. The molecule has 170 valence electrons. The maximum atomic E-state index is 12.9. The fraction of sp³-hybridized carbons (Fsp3) is 0.261. The van der Waals surface area contributed by atoms with E-state index in [0.717, 1.165) is 34.8 Å². The molecule has 0 saturated carbocycles. The number of ether oxygens (including phenoxy) is 1. The lowest BCUT2D eigenvalue weighted by molar-refractivity contribution is -0.137. The van der Waals surface area contributed by atoms with Crippen molar-refractivity contribution in [3.8, 4) is 17.1 Å². The Morgan fingerprint density at radius 3 is 2.58 bits per heavy atom. The average molecular weight is 455 g/mol. The highest BCUT2D eigenvalue weighted by Crippen LogP contribution is 2.34. The maximum Gasteiger partial charge on any atom is 0.416 e. The fourth-order valence-electron chi connectivity index (χ4n) is 3.96. The summed E-state index contributed by atoms with van der Waals surface area (Å²) < 4.78 is 49.4. The minimum atomic E-state index is -4.40. The molecule has 2 aromatic heterocycles. The van der Waals surface area contributed by atoms with Crippen molar-refractivity contribution in [1.29, 1.82) is 0 Å². The second-order valence-electron chi connectivity index (χ2n) is 7.83. The molecule has 10 heteroatoms. The van der Waals surface area contributed by atoms with Crippen LogP contribution in [0.4, 0.5) is 13.2 Å². The van der Waals surface area contributed by atoms with Gasteiger partial charge in [-0.25, -0.2) is 4.98 Å². The molecule has 0 saturated heterocycles. The molecule has 0 radical (unpaired) electrons. The zero-order chi connectivity index (χ0) is 23.0. The van der Waals surface area contributed by atoms with E-state index in [-0.39, 0.29) is 11.9 Å². The number of nitrogens with one attached hydrogen (secondary N) is 1. The molecule has 5 rings (SSSR count). The van der Waals surface area contributed by atoms with Gasteiger partial charge in [0.05, 0.1) is 36.4 Å². The van der Waals surface area contributed by atoms with E-state index < -0.39 is 11.7 Å². The molecule has 0 aliphatic carbocycles. The molecule has 3 heterocycles. The molecule has 0 fully saturated rings. The molecule has 1 N–H and O–H groups in total. The van der Waals surface area contributed by atoms with Gasteiger partial charge in [-0.1, -0.05) is 29.4 Å². The Bertz CT molecular complexity index is 1230. The monoisotopic (exact) mass is 455 g/mol. The van der Waals surface area contributed by atoms with Crippen molar-refractivity contribution in [2.75, 3.05) is 7.11 Å². The van der Waals surface area contributed by atoms with Gasteiger partial charge in [-0.3, -0.25) is 4.90 Å². The first-order valence-electron chi connectivity index (χ1n) is 10.3. The van der Waals surface area contributed by atoms with Crippen LogP contribution in [0.5, 0.6) is 5.75 Å². The van der Waals surface area contributed by atoms with E-state index in [1.54, 1.807) is 13.4 Å². The highest BCUT2D eigenvalue weighted by atomic mass is 19.4.